The average Bonchev–Trinajstić information content (AvgIpc) is 3.65. The van der Waals surface area contributed by atoms with E-state index in [0.717, 1.165) is 108 Å². The molecule has 0 fully saturated rings. The number of ether oxygens (including phenoxy) is 4. The van der Waals surface area contributed by atoms with Crippen molar-refractivity contribution in [1.82, 2.24) is 0 Å². The predicted molar refractivity (Wildman–Crippen MR) is 368 cm³/mol. The van der Waals surface area contributed by atoms with Gasteiger partial charge in [0.15, 0.2) is 12.2 Å². The highest BCUT2D eigenvalue weighted by molar-refractivity contribution is 7.47. The van der Waals surface area contributed by atoms with Crippen molar-refractivity contribution in [2.75, 3.05) is 39.6 Å². The van der Waals surface area contributed by atoms with Gasteiger partial charge in [0.05, 0.1) is 26.4 Å². The lowest BCUT2D eigenvalue weighted by atomic mass is 10.0. The number of aliphatic hydroxyl groups is 1. The minimum absolute atomic E-state index is 0.104. The molecule has 0 spiro atoms. The van der Waals surface area contributed by atoms with E-state index in [4.69, 9.17) is 37.0 Å². The molecule has 17 nitrogen and oxygen atoms in total. The summed E-state index contributed by atoms with van der Waals surface area (Å²) in [6.07, 6.45) is 47.2. The fourth-order valence-corrected chi connectivity index (χ4v) is 12.5. The molecule has 91 heavy (non-hydrogen) atoms. The van der Waals surface area contributed by atoms with Crippen molar-refractivity contribution in [2.45, 2.75) is 381 Å². The van der Waals surface area contributed by atoms with Gasteiger partial charge in [0.25, 0.3) is 0 Å². The maximum absolute atomic E-state index is 13.0. The largest absolute Gasteiger partial charge is 0.472 e. The Bertz CT molecular complexity index is 1780. The van der Waals surface area contributed by atoms with Gasteiger partial charge in [-0.25, -0.2) is 9.13 Å². The number of phosphoric acid groups is 2. The SMILES string of the molecule is CCCCCCCCCCCCCCCCC(=O)OC[C@H](COP(=O)(O)OC[C@@H](O)COP(=O)(O)OC[C@@H](COC(=O)CCCCCCCCCCC(C)C)OC(=O)CCCCCCCCCCC(C)C)OC(=O)CCCCCCCCCCCCCCC(C)C. The highest BCUT2D eigenvalue weighted by atomic mass is 31.2. The monoisotopic (exact) mass is 1340 g/mol. The second kappa shape index (κ2) is 62.8. The minimum atomic E-state index is -4.95. The van der Waals surface area contributed by atoms with Gasteiger partial charge in [0, 0.05) is 25.7 Å². The maximum Gasteiger partial charge on any atom is 0.472 e. The third kappa shape index (κ3) is 66.5. The van der Waals surface area contributed by atoms with E-state index >= 15 is 0 Å². The van der Waals surface area contributed by atoms with Gasteiger partial charge in [0.2, 0.25) is 0 Å². The summed E-state index contributed by atoms with van der Waals surface area (Å²) in [6.45, 7) is 11.8. The van der Waals surface area contributed by atoms with Crippen molar-refractivity contribution in [3.05, 3.63) is 0 Å². The Hall–Kier alpha value is -1.94. The fourth-order valence-electron chi connectivity index (χ4n) is 10.9. The molecule has 0 aliphatic carbocycles. The van der Waals surface area contributed by atoms with Crippen molar-refractivity contribution in [1.29, 1.82) is 0 Å². The van der Waals surface area contributed by atoms with E-state index < -0.39 is 97.5 Å². The summed E-state index contributed by atoms with van der Waals surface area (Å²) < 4.78 is 68.4. The topological polar surface area (TPSA) is 237 Å². The number of phosphoric ester groups is 2. The minimum Gasteiger partial charge on any atom is -0.462 e. The average molecular weight is 1340 g/mol. The van der Waals surface area contributed by atoms with Crippen LogP contribution in [0, 0.1) is 17.8 Å². The van der Waals surface area contributed by atoms with Crippen LogP contribution in [0.4, 0.5) is 0 Å². The first-order chi connectivity index (χ1) is 43.7. The molecule has 0 saturated heterocycles. The van der Waals surface area contributed by atoms with Crippen molar-refractivity contribution in [3.63, 3.8) is 0 Å². The fraction of sp³-hybridized carbons (Fsp3) is 0.944. The Balaban J connectivity index is 5.26. The van der Waals surface area contributed by atoms with E-state index in [1.807, 2.05) is 0 Å². The Labute approximate surface area is 556 Å². The molecule has 0 aliphatic heterocycles. The number of hydrogen-bond acceptors (Lipinski definition) is 15. The van der Waals surface area contributed by atoms with Crippen molar-refractivity contribution < 1.29 is 80.2 Å². The van der Waals surface area contributed by atoms with E-state index in [9.17, 15) is 43.2 Å². The first-order valence-electron chi connectivity index (χ1n) is 37.3. The molecule has 540 valence electrons. The lowest BCUT2D eigenvalue weighted by Gasteiger charge is -2.21. The molecule has 0 radical (unpaired) electrons. The van der Waals surface area contributed by atoms with E-state index in [1.54, 1.807) is 0 Å². The van der Waals surface area contributed by atoms with Crippen LogP contribution in [0.15, 0.2) is 0 Å². The second-order valence-corrected chi connectivity index (χ2v) is 30.3. The lowest BCUT2D eigenvalue weighted by Crippen LogP contribution is -2.30. The van der Waals surface area contributed by atoms with Crippen LogP contribution in [0.5, 0.6) is 0 Å². The summed E-state index contributed by atoms with van der Waals surface area (Å²) in [4.78, 5) is 72.6. The van der Waals surface area contributed by atoms with Crippen molar-refractivity contribution >= 4 is 39.5 Å². The Morgan fingerprint density at radius 3 is 0.747 bits per heavy atom. The molecule has 2 unspecified atom stereocenters. The van der Waals surface area contributed by atoms with Crippen LogP contribution in [0.25, 0.3) is 0 Å². The summed E-state index contributed by atoms with van der Waals surface area (Å²) in [5.41, 5.74) is 0. The molecule has 0 bridgehead atoms. The van der Waals surface area contributed by atoms with Gasteiger partial charge < -0.3 is 33.8 Å². The van der Waals surface area contributed by atoms with Crippen LogP contribution in [0.2, 0.25) is 0 Å². The number of rotatable bonds is 70. The van der Waals surface area contributed by atoms with Crippen LogP contribution >= 0.6 is 15.6 Å². The molecule has 0 aromatic rings. The zero-order valence-electron chi connectivity index (χ0n) is 59.3. The van der Waals surface area contributed by atoms with Gasteiger partial charge in [-0.05, 0) is 43.4 Å². The molecular weight excluding hydrogens is 1200 g/mol. The normalized spacial score (nSPS) is 14.2. The Morgan fingerprint density at radius 2 is 0.505 bits per heavy atom. The highest BCUT2D eigenvalue weighted by Gasteiger charge is 2.30. The van der Waals surface area contributed by atoms with Crippen molar-refractivity contribution in [2.24, 2.45) is 17.8 Å². The number of hydrogen-bond donors (Lipinski definition) is 3. The van der Waals surface area contributed by atoms with Gasteiger partial charge >= 0.3 is 39.5 Å². The quantitative estimate of drug-likeness (QED) is 0.0222. The predicted octanol–water partition coefficient (Wildman–Crippen LogP) is 20.6. The van der Waals surface area contributed by atoms with Crippen LogP contribution in [-0.4, -0.2) is 96.7 Å². The molecule has 0 heterocycles. The molecular formula is C72H140O17P2. The summed E-state index contributed by atoms with van der Waals surface area (Å²) >= 11 is 0. The summed E-state index contributed by atoms with van der Waals surface area (Å²) in [6, 6.07) is 0. The van der Waals surface area contributed by atoms with E-state index in [0.29, 0.717) is 25.7 Å². The lowest BCUT2D eigenvalue weighted by molar-refractivity contribution is -0.161. The molecule has 3 N–H and O–H groups in total. The molecule has 0 saturated carbocycles. The zero-order valence-corrected chi connectivity index (χ0v) is 61.1. The number of aliphatic hydroxyl groups excluding tert-OH is 1. The van der Waals surface area contributed by atoms with Gasteiger partial charge in [-0.3, -0.25) is 37.3 Å². The second-order valence-electron chi connectivity index (χ2n) is 27.4. The van der Waals surface area contributed by atoms with Gasteiger partial charge in [0.1, 0.15) is 19.3 Å². The molecule has 0 rings (SSSR count). The Kier molecular flexibility index (Phi) is 61.5. The Morgan fingerprint density at radius 1 is 0.297 bits per heavy atom. The molecule has 19 heteroatoms. The maximum atomic E-state index is 13.0. The van der Waals surface area contributed by atoms with Gasteiger partial charge in [-0.15, -0.1) is 0 Å². The molecule has 0 aromatic carbocycles. The van der Waals surface area contributed by atoms with Crippen LogP contribution in [0.3, 0.4) is 0 Å². The highest BCUT2D eigenvalue weighted by Crippen LogP contribution is 2.45. The van der Waals surface area contributed by atoms with E-state index in [-0.39, 0.29) is 25.7 Å². The van der Waals surface area contributed by atoms with Crippen LogP contribution in [0.1, 0.15) is 363 Å². The van der Waals surface area contributed by atoms with Gasteiger partial charge in [-0.1, -0.05) is 312 Å². The van der Waals surface area contributed by atoms with Crippen LogP contribution in [-0.2, 0) is 65.4 Å². The van der Waals surface area contributed by atoms with E-state index in [1.165, 1.54) is 173 Å². The first kappa shape index (κ1) is 89.1. The summed E-state index contributed by atoms with van der Waals surface area (Å²) in [5, 5.41) is 10.6. The summed E-state index contributed by atoms with van der Waals surface area (Å²) in [5.74, 6) is 0.0970. The number of carbonyl (C=O) groups is 4. The standard InChI is InChI=1S/C72H140O17P2/c1-8-9-10-11-12-13-14-15-16-20-23-32-39-46-53-69(74)82-59-67(88-71(76)55-48-41-34-24-21-18-17-19-22-29-36-43-50-63(2)3)61-86-90(78,79)84-57-66(73)58-85-91(80,81)87-62-68(89-72(77)56-49-42-35-28-26-31-38-45-52-65(6)7)60-83-70(75)54-47-40-33-27-25-30-37-44-51-64(4)5/h63-68,73H,8-62H2,1-7H3,(H,78,79)(H,80,81)/t66-,67-,68-/m1/s1. The first-order valence-corrected chi connectivity index (χ1v) is 40.3. The van der Waals surface area contributed by atoms with Gasteiger partial charge in [-0.2, -0.15) is 0 Å². The zero-order chi connectivity index (χ0) is 67.3. The van der Waals surface area contributed by atoms with Crippen molar-refractivity contribution in [3.8, 4) is 0 Å². The number of unbranched alkanes of at least 4 members (excludes halogenated alkanes) is 38. The smallest absolute Gasteiger partial charge is 0.462 e. The third-order valence-corrected chi connectivity index (χ3v) is 18.5. The number of esters is 4. The number of carbonyl (C=O) groups excluding carboxylic acids is 4. The third-order valence-electron chi connectivity index (χ3n) is 16.6. The molecule has 5 atom stereocenters. The molecule has 0 amide bonds. The van der Waals surface area contributed by atoms with Crippen LogP contribution < -0.4 is 0 Å². The summed E-state index contributed by atoms with van der Waals surface area (Å²) in [7, 11) is -9.90. The molecule has 0 aliphatic rings. The molecule has 0 aromatic heterocycles. The van der Waals surface area contributed by atoms with E-state index in [2.05, 4.69) is 48.5 Å².